The third kappa shape index (κ3) is 2.96. The molecule has 0 saturated heterocycles. The molecule has 1 heterocycles. The third-order valence-electron chi connectivity index (χ3n) is 4.30. The lowest BCUT2D eigenvalue weighted by Gasteiger charge is -2.19. The van der Waals surface area contributed by atoms with Crippen molar-refractivity contribution in [2.75, 3.05) is 11.9 Å². The Morgan fingerprint density at radius 2 is 1.95 bits per heavy atom. The number of benzene rings is 2. The maximum absolute atomic E-state index is 5.62. The molecule has 1 aliphatic rings. The Morgan fingerprint density at radius 3 is 2.68 bits per heavy atom. The van der Waals surface area contributed by atoms with Crippen molar-refractivity contribution in [2.24, 2.45) is 0 Å². The first-order chi connectivity index (χ1) is 10.5. The van der Waals surface area contributed by atoms with Gasteiger partial charge in [0.25, 0.3) is 0 Å². The van der Waals surface area contributed by atoms with Crippen LogP contribution in [0.1, 0.15) is 50.4 Å². The molecule has 0 aromatic heterocycles. The fourth-order valence-electron chi connectivity index (χ4n) is 3.02. The van der Waals surface area contributed by atoms with Crippen molar-refractivity contribution in [1.82, 2.24) is 0 Å². The average molecular weight is 295 g/mol. The Kier molecular flexibility index (Phi) is 3.86. The largest absolute Gasteiger partial charge is 0.494 e. The van der Waals surface area contributed by atoms with Crippen molar-refractivity contribution >= 4 is 5.69 Å². The van der Waals surface area contributed by atoms with Gasteiger partial charge in [0.1, 0.15) is 5.75 Å². The standard InChI is InChI=1S/C20H25NO/c1-5-22-17-8-6-7-14(12-17)19-13-15-11-16(20(2,3)4)9-10-18(15)21-19/h6-12,19,21H,5,13H2,1-4H3. The molecule has 2 aromatic rings. The zero-order chi connectivity index (χ0) is 15.7. The number of ether oxygens (including phenoxy) is 1. The highest BCUT2D eigenvalue weighted by atomic mass is 16.5. The van der Waals surface area contributed by atoms with Gasteiger partial charge in [0.15, 0.2) is 0 Å². The van der Waals surface area contributed by atoms with Crippen molar-refractivity contribution in [3.05, 3.63) is 59.2 Å². The zero-order valence-corrected chi connectivity index (χ0v) is 13.9. The molecule has 0 amide bonds. The predicted molar refractivity (Wildman–Crippen MR) is 92.8 cm³/mol. The fourth-order valence-corrected chi connectivity index (χ4v) is 3.02. The summed E-state index contributed by atoms with van der Waals surface area (Å²) in [5, 5.41) is 3.64. The summed E-state index contributed by atoms with van der Waals surface area (Å²) in [4.78, 5) is 0. The van der Waals surface area contributed by atoms with Gasteiger partial charge in [-0.25, -0.2) is 0 Å². The van der Waals surface area contributed by atoms with E-state index in [1.807, 2.05) is 13.0 Å². The molecule has 1 atom stereocenters. The van der Waals surface area contributed by atoms with E-state index in [9.17, 15) is 0 Å². The molecule has 2 heteroatoms. The smallest absolute Gasteiger partial charge is 0.119 e. The Bertz CT molecular complexity index is 670. The van der Waals surface area contributed by atoms with Crippen LogP contribution in [-0.4, -0.2) is 6.61 Å². The molecule has 0 aliphatic carbocycles. The quantitative estimate of drug-likeness (QED) is 0.851. The van der Waals surface area contributed by atoms with Crippen LogP contribution < -0.4 is 10.1 Å². The van der Waals surface area contributed by atoms with Crippen molar-refractivity contribution in [2.45, 2.75) is 45.6 Å². The van der Waals surface area contributed by atoms with Gasteiger partial charge in [-0.15, -0.1) is 0 Å². The van der Waals surface area contributed by atoms with Crippen LogP contribution in [0.5, 0.6) is 5.75 Å². The maximum atomic E-state index is 5.62. The summed E-state index contributed by atoms with van der Waals surface area (Å²) < 4.78 is 5.62. The number of nitrogens with one attached hydrogen (secondary N) is 1. The van der Waals surface area contributed by atoms with Crippen molar-refractivity contribution in [3.8, 4) is 5.75 Å². The molecule has 0 saturated carbocycles. The van der Waals surface area contributed by atoms with E-state index in [2.05, 4.69) is 62.5 Å². The minimum atomic E-state index is 0.196. The SMILES string of the molecule is CCOc1cccc(C2Cc3cc(C(C)(C)C)ccc3N2)c1. The summed E-state index contributed by atoms with van der Waals surface area (Å²) in [6.45, 7) is 9.52. The molecule has 2 aromatic carbocycles. The molecule has 3 rings (SSSR count). The van der Waals surface area contributed by atoms with E-state index in [4.69, 9.17) is 4.74 Å². The van der Waals surface area contributed by atoms with Crippen molar-refractivity contribution in [1.29, 1.82) is 0 Å². The summed E-state index contributed by atoms with van der Waals surface area (Å²) in [6, 6.07) is 15.6. The minimum Gasteiger partial charge on any atom is -0.494 e. The van der Waals surface area contributed by atoms with Gasteiger partial charge >= 0.3 is 0 Å². The summed E-state index contributed by atoms with van der Waals surface area (Å²) in [7, 11) is 0. The van der Waals surface area contributed by atoms with Crippen LogP contribution in [0.15, 0.2) is 42.5 Å². The Hall–Kier alpha value is -1.96. The lowest BCUT2D eigenvalue weighted by atomic mass is 9.85. The molecule has 0 spiro atoms. The van der Waals surface area contributed by atoms with E-state index in [0.717, 1.165) is 12.2 Å². The molecule has 1 aliphatic heterocycles. The number of anilines is 1. The van der Waals surface area contributed by atoms with Gasteiger partial charge in [0.2, 0.25) is 0 Å². The first kappa shape index (κ1) is 15.0. The van der Waals surface area contributed by atoms with E-state index in [1.165, 1.54) is 22.4 Å². The molecule has 116 valence electrons. The molecule has 0 bridgehead atoms. The summed E-state index contributed by atoms with van der Waals surface area (Å²) in [6.07, 6.45) is 1.04. The molecule has 1 N–H and O–H groups in total. The van der Waals surface area contributed by atoms with Crippen LogP contribution in [0.3, 0.4) is 0 Å². The second kappa shape index (κ2) is 5.68. The van der Waals surface area contributed by atoms with Crippen LogP contribution in [0.25, 0.3) is 0 Å². The van der Waals surface area contributed by atoms with Crippen molar-refractivity contribution < 1.29 is 4.74 Å². The highest BCUT2D eigenvalue weighted by Gasteiger charge is 2.24. The van der Waals surface area contributed by atoms with Gasteiger partial charge in [0, 0.05) is 5.69 Å². The number of hydrogen-bond acceptors (Lipinski definition) is 2. The fraction of sp³-hybridized carbons (Fsp3) is 0.400. The van der Waals surface area contributed by atoms with Crippen LogP contribution in [-0.2, 0) is 11.8 Å². The Balaban J connectivity index is 1.84. The molecule has 1 unspecified atom stereocenters. The van der Waals surface area contributed by atoms with Crippen LogP contribution in [0.2, 0.25) is 0 Å². The first-order valence-corrected chi connectivity index (χ1v) is 8.10. The monoisotopic (exact) mass is 295 g/mol. The number of rotatable bonds is 3. The second-order valence-electron chi connectivity index (χ2n) is 7.03. The van der Waals surface area contributed by atoms with E-state index < -0.39 is 0 Å². The number of hydrogen-bond donors (Lipinski definition) is 1. The van der Waals surface area contributed by atoms with E-state index in [-0.39, 0.29) is 5.41 Å². The van der Waals surface area contributed by atoms with Crippen LogP contribution in [0, 0.1) is 0 Å². The molecular weight excluding hydrogens is 270 g/mol. The Labute approximate surface area is 133 Å². The van der Waals surface area contributed by atoms with Crippen molar-refractivity contribution in [3.63, 3.8) is 0 Å². The van der Waals surface area contributed by atoms with Crippen LogP contribution >= 0.6 is 0 Å². The molecule has 2 nitrogen and oxygen atoms in total. The highest BCUT2D eigenvalue weighted by Crippen LogP contribution is 2.37. The average Bonchev–Trinajstić information content (AvgIpc) is 2.90. The highest BCUT2D eigenvalue weighted by molar-refractivity contribution is 5.60. The molecule has 0 fully saturated rings. The maximum Gasteiger partial charge on any atom is 0.119 e. The van der Waals surface area contributed by atoms with E-state index >= 15 is 0 Å². The summed E-state index contributed by atoms with van der Waals surface area (Å²) in [5.41, 5.74) is 5.57. The molecule has 22 heavy (non-hydrogen) atoms. The summed E-state index contributed by atoms with van der Waals surface area (Å²) in [5.74, 6) is 0.952. The molecule has 0 radical (unpaired) electrons. The van der Waals surface area contributed by atoms with Gasteiger partial charge < -0.3 is 10.1 Å². The summed E-state index contributed by atoms with van der Waals surface area (Å²) >= 11 is 0. The Morgan fingerprint density at radius 1 is 1.14 bits per heavy atom. The predicted octanol–water partition coefficient (Wildman–Crippen LogP) is 5.09. The van der Waals surface area contributed by atoms with Gasteiger partial charge in [-0.05, 0) is 53.6 Å². The van der Waals surface area contributed by atoms with Crippen LogP contribution in [0.4, 0.5) is 5.69 Å². The first-order valence-electron chi connectivity index (χ1n) is 8.10. The number of fused-ring (bicyclic) bond motifs is 1. The topological polar surface area (TPSA) is 21.3 Å². The molecular formula is C20H25NO. The third-order valence-corrected chi connectivity index (χ3v) is 4.30. The van der Waals surface area contributed by atoms with E-state index in [0.29, 0.717) is 12.6 Å². The zero-order valence-electron chi connectivity index (χ0n) is 13.9. The van der Waals surface area contributed by atoms with Gasteiger partial charge in [0.05, 0.1) is 12.6 Å². The normalized spacial score (nSPS) is 17.0. The second-order valence-corrected chi connectivity index (χ2v) is 7.03. The van der Waals surface area contributed by atoms with Gasteiger partial charge in [-0.2, -0.15) is 0 Å². The van der Waals surface area contributed by atoms with E-state index in [1.54, 1.807) is 0 Å². The lowest BCUT2D eigenvalue weighted by Crippen LogP contribution is -2.10. The van der Waals surface area contributed by atoms with Gasteiger partial charge in [-0.1, -0.05) is 45.0 Å². The van der Waals surface area contributed by atoms with Gasteiger partial charge in [-0.3, -0.25) is 0 Å². The minimum absolute atomic E-state index is 0.196. The lowest BCUT2D eigenvalue weighted by molar-refractivity contribution is 0.339.